The van der Waals surface area contributed by atoms with Gasteiger partial charge in [0, 0.05) is 11.3 Å². The van der Waals surface area contributed by atoms with Gasteiger partial charge in [0.05, 0.1) is 5.56 Å². The van der Waals surface area contributed by atoms with Crippen molar-refractivity contribution in [1.29, 1.82) is 0 Å². The lowest BCUT2D eigenvalue weighted by Crippen LogP contribution is -2.18. The zero-order valence-electron chi connectivity index (χ0n) is 13.4. The van der Waals surface area contributed by atoms with E-state index in [1.54, 1.807) is 0 Å². The minimum Gasteiger partial charge on any atom is -0.365 e. The Morgan fingerprint density at radius 3 is 2.59 bits per heavy atom. The molecular weight excluding hydrogens is 296 g/mol. The SMILES string of the molecule is CCCCCCCC(=O)Nc1sc2c(c1C(N)=O)CCCC2. The number of hydrogen-bond acceptors (Lipinski definition) is 3. The molecule has 1 aliphatic rings. The fourth-order valence-corrected chi connectivity index (χ4v) is 4.30. The third-order valence-electron chi connectivity index (χ3n) is 4.18. The van der Waals surface area contributed by atoms with Gasteiger partial charge in [0.2, 0.25) is 5.91 Å². The first-order valence-corrected chi connectivity index (χ1v) is 9.19. The minimum absolute atomic E-state index is 0.00223. The van der Waals surface area contributed by atoms with Gasteiger partial charge in [-0.3, -0.25) is 9.59 Å². The van der Waals surface area contributed by atoms with Gasteiger partial charge in [-0.1, -0.05) is 32.6 Å². The smallest absolute Gasteiger partial charge is 0.251 e. The highest BCUT2D eigenvalue weighted by Gasteiger charge is 2.24. The van der Waals surface area contributed by atoms with Crippen molar-refractivity contribution >= 4 is 28.2 Å². The number of anilines is 1. The molecule has 22 heavy (non-hydrogen) atoms. The zero-order chi connectivity index (χ0) is 15.9. The number of hydrogen-bond donors (Lipinski definition) is 2. The monoisotopic (exact) mass is 322 g/mol. The molecule has 0 saturated carbocycles. The number of carbonyl (C=O) groups is 2. The molecule has 1 aromatic rings. The molecule has 3 N–H and O–H groups in total. The van der Waals surface area contributed by atoms with Gasteiger partial charge in [0.1, 0.15) is 5.00 Å². The fourth-order valence-electron chi connectivity index (χ4n) is 2.99. The Bertz CT molecular complexity index is 537. The van der Waals surface area contributed by atoms with Crippen LogP contribution in [0.15, 0.2) is 0 Å². The summed E-state index contributed by atoms with van der Waals surface area (Å²) < 4.78 is 0. The Morgan fingerprint density at radius 2 is 1.86 bits per heavy atom. The van der Waals surface area contributed by atoms with Crippen molar-refractivity contribution in [2.75, 3.05) is 5.32 Å². The van der Waals surface area contributed by atoms with E-state index in [-0.39, 0.29) is 5.91 Å². The molecule has 0 bridgehead atoms. The second kappa shape index (κ2) is 8.32. The molecule has 5 heteroatoms. The molecule has 0 radical (unpaired) electrons. The third-order valence-corrected chi connectivity index (χ3v) is 5.39. The van der Waals surface area contributed by atoms with Crippen LogP contribution in [0.25, 0.3) is 0 Å². The second-order valence-electron chi connectivity index (χ2n) is 5.99. The van der Waals surface area contributed by atoms with Gasteiger partial charge < -0.3 is 11.1 Å². The molecule has 0 spiro atoms. The molecule has 1 aliphatic carbocycles. The van der Waals surface area contributed by atoms with Gasteiger partial charge in [-0.05, 0) is 37.7 Å². The molecule has 0 fully saturated rings. The van der Waals surface area contributed by atoms with Crippen LogP contribution in [0.3, 0.4) is 0 Å². The molecule has 0 unspecified atom stereocenters. The maximum absolute atomic E-state index is 12.1. The summed E-state index contributed by atoms with van der Waals surface area (Å²) in [5, 5.41) is 3.58. The maximum Gasteiger partial charge on any atom is 0.251 e. The number of unbranched alkanes of at least 4 members (excludes halogenated alkanes) is 4. The zero-order valence-corrected chi connectivity index (χ0v) is 14.2. The van der Waals surface area contributed by atoms with Crippen molar-refractivity contribution in [3.8, 4) is 0 Å². The summed E-state index contributed by atoms with van der Waals surface area (Å²) in [5.74, 6) is -0.421. The van der Waals surface area contributed by atoms with E-state index in [0.717, 1.165) is 44.1 Å². The van der Waals surface area contributed by atoms with E-state index in [1.807, 2.05) is 0 Å². The lowest BCUT2D eigenvalue weighted by Gasteiger charge is -2.11. The number of nitrogens with one attached hydrogen (secondary N) is 1. The van der Waals surface area contributed by atoms with Gasteiger partial charge >= 0.3 is 0 Å². The number of amides is 2. The van der Waals surface area contributed by atoms with Crippen molar-refractivity contribution < 1.29 is 9.59 Å². The van der Waals surface area contributed by atoms with Crippen molar-refractivity contribution in [2.24, 2.45) is 5.73 Å². The molecule has 0 aliphatic heterocycles. The van der Waals surface area contributed by atoms with Crippen molar-refractivity contribution in [2.45, 2.75) is 71.1 Å². The summed E-state index contributed by atoms with van der Waals surface area (Å²) in [6.45, 7) is 2.18. The average Bonchev–Trinajstić information content (AvgIpc) is 2.84. The highest BCUT2D eigenvalue weighted by atomic mass is 32.1. The van der Waals surface area contributed by atoms with Crippen LogP contribution in [0.4, 0.5) is 5.00 Å². The Morgan fingerprint density at radius 1 is 1.14 bits per heavy atom. The first-order chi connectivity index (χ1) is 10.6. The van der Waals surface area contributed by atoms with Gasteiger partial charge in [-0.2, -0.15) is 0 Å². The van der Waals surface area contributed by atoms with Gasteiger partial charge in [0.25, 0.3) is 5.91 Å². The van der Waals surface area contributed by atoms with Gasteiger partial charge in [-0.25, -0.2) is 0 Å². The Hall–Kier alpha value is -1.36. The highest BCUT2D eigenvalue weighted by molar-refractivity contribution is 7.17. The second-order valence-corrected chi connectivity index (χ2v) is 7.10. The predicted molar refractivity (Wildman–Crippen MR) is 91.5 cm³/mol. The van der Waals surface area contributed by atoms with Crippen LogP contribution in [0, 0.1) is 0 Å². The number of thiophene rings is 1. The summed E-state index contributed by atoms with van der Waals surface area (Å²) in [6, 6.07) is 0. The van der Waals surface area contributed by atoms with Crippen molar-refractivity contribution in [1.82, 2.24) is 0 Å². The Kier molecular flexibility index (Phi) is 6.43. The van der Waals surface area contributed by atoms with E-state index in [1.165, 1.54) is 35.5 Å². The van der Waals surface area contributed by atoms with E-state index in [9.17, 15) is 9.59 Å². The molecule has 1 aromatic heterocycles. The molecule has 2 amide bonds. The van der Waals surface area contributed by atoms with Crippen LogP contribution in [0.2, 0.25) is 0 Å². The van der Waals surface area contributed by atoms with E-state index < -0.39 is 5.91 Å². The summed E-state index contributed by atoms with van der Waals surface area (Å²) in [5.41, 5.74) is 7.16. The van der Waals surface area contributed by atoms with E-state index >= 15 is 0 Å². The highest BCUT2D eigenvalue weighted by Crippen LogP contribution is 2.37. The maximum atomic E-state index is 12.1. The number of fused-ring (bicyclic) bond motifs is 1. The minimum atomic E-state index is -0.419. The molecule has 0 aromatic carbocycles. The lowest BCUT2D eigenvalue weighted by atomic mass is 9.95. The quantitative estimate of drug-likeness (QED) is 0.709. The standard InChI is InChI=1S/C17H26N2O2S/c1-2-3-4-5-6-11-14(20)19-17-15(16(18)21)12-9-7-8-10-13(12)22-17/h2-11H2,1H3,(H2,18,21)(H,19,20). The summed E-state index contributed by atoms with van der Waals surface area (Å²) >= 11 is 1.53. The van der Waals surface area contributed by atoms with Crippen LogP contribution in [-0.2, 0) is 17.6 Å². The van der Waals surface area contributed by atoms with Crippen LogP contribution >= 0.6 is 11.3 Å². The van der Waals surface area contributed by atoms with Crippen molar-refractivity contribution in [3.63, 3.8) is 0 Å². The molecule has 0 atom stereocenters. The normalized spacial score (nSPS) is 13.7. The van der Waals surface area contributed by atoms with Crippen LogP contribution < -0.4 is 11.1 Å². The van der Waals surface area contributed by atoms with Crippen LogP contribution in [-0.4, -0.2) is 11.8 Å². The topological polar surface area (TPSA) is 72.2 Å². The summed E-state index contributed by atoms with van der Waals surface area (Å²) in [6.07, 6.45) is 10.3. The summed E-state index contributed by atoms with van der Waals surface area (Å²) in [7, 11) is 0. The number of rotatable bonds is 8. The number of carbonyl (C=O) groups excluding carboxylic acids is 2. The molecular formula is C17H26N2O2S. The molecule has 1 heterocycles. The largest absolute Gasteiger partial charge is 0.365 e. The predicted octanol–water partition coefficient (Wildman–Crippen LogP) is 4.02. The lowest BCUT2D eigenvalue weighted by molar-refractivity contribution is -0.116. The third kappa shape index (κ3) is 4.32. The Labute approximate surface area is 136 Å². The van der Waals surface area contributed by atoms with Gasteiger partial charge in [0.15, 0.2) is 0 Å². The number of primary amides is 1. The Balaban J connectivity index is 1.95. The first-order valence-electron chi connectivity index (χ1n) is 8.37. The fraction of sp³-hybridized carbons (Fsp3) is 0.647. The van der Waals surface area contributed by atoms with E-state index in [4.69, 9.17) is 5.73 Å². The molecule has 4 nitrogen and oxygen atoms in total. The van der Waals surface area contributed by atoms with E-state index in [2.05, 4.69) is 12.2 Å². The van der Waals surface area contributed by atoms with Gasteiger partial charge in [-0.15, -0.1) is 11.3 Å². The molecule has 122 valence electrons. The summed E-state index contributed by atoms with van der Waals surface area (Å²) in [4.78, 5) is 25.0. The first kappa shape index (κ1) is 17.0. The number of nitrogens with two attached hydrogens (primary N) is 1. The van der Waals surface area contributed by atoms with Crippen molar-refractivity contribution in [3.05, 3.63) is 16.0 Å². The average molecular weight is 322 g/mol. The van der Waals surface area contributed by atoms with E-state index in [0.29, 0.717) is 17.0 Å². The number of aryl methyl sites for hydroxylation is 1. The molecule has 2 rings (SSSR count). The molecule has 0 saturated heterocycles. The van der Waals surface area contributed by atoms with Crippen LogP contribution in [0.1, 0.15) is 79.1 Å². The van der Waals surface area contributed by atoms with Crippen LogP contribution in [0.5, 0.6) is 0 Å².